The number of fused-ring (bicyclic) bond motifs is 1. The van der Waals surface area contributed by atoms with E-state index in [1.54, 1.807) is 11.3 Å². The zero-order valence-electron chi connectivity index (χ0n) is 11.5. The van der Waals surface area contributed by atoms with Gasteiger partial charge in [-0.25, -0.2) is 4.98 Å². The Morgan fingerprint density at radius 2 is 2.10 bits per heavy atom. The van der Waals surface area contributed by atoms with E-state index in [9.17, 15) is 0 Å². The maximum absolute atomic E-state index is 5.84. The Labute approximate surface area is 121 Å². The normalized spacial score (nSPS) is 10.9. The summed E-state index contributed by atoms with van der Waals surface area (Å²) in [5.74, 6) is 1.20. The highest BCUT2D eigenvalue weighted by molar-refractivity contribution is 7.16. The van der Waals surface area contributed by atoms with E-state index in [1.807, 2.05) is 11.4 Å². The van der Waals surface area contributed by atoms with Crippen molar-refractivity contribution in [3.63, 3.8) is 0 Å². The van der Waals surface area contributed by atoms with Gasteiger partial charge in [-0.3, -0.25) is 0 Å². The fourth-order valence-corrected chi connectivity index (χ4v) is 3.08. The first-order chi connectivity index (χ1) is 9.69. The van der Waals surface area contributed by atoms with Crippen molar-refractivity contribution in [2.24, 2.45) is 0 Å². The van der Waals surface area contributed by atoms with Gasteiger partial charge in [0.1, 0.15) is 10.6 Å². The quantitative estimate of drug-likeness (QED) is 0.796. The molecule has 3 aromatic rings. The first kappa shape index (κ1) is 12.9. The average molecular weight is 284 g/mol. The molecule has 2 heterocycles. The molecule has 5 heteroatoms. The van der Waals surface area contributed by atoms with Crippen LogP contribution in [0.2, 0.25) is 0 Å². The summed E-state index contributed by atoms with van der Waals surface area (Å²) in [5, 5.41) is 3.07. The van der Waals surface area contributed by atoms with Crippen molar-refractivity contribution in [3.05, 3.63) is 41.3 Å². The highest BCUT2D eigenvalue weighted by Crippen LogP contribution is 2.32. The van der Waals surface area contributed by atoms with Gasteiger partial charge in [0.25, 0.3) is 0 Å². The number of aromatic nitrogens is 2. The molecule has 20 heavy (non-hydrogen) atoms. The number of nitrogens with two attached hydrogens (primary N) is 1. The van der Waals surface area contributed by atoms with E-state index in [0.29, 0.717) is 5.95 Å². The SMILES string of the molecule is CCN(c1cccc(C)c1)c1nc(N)nc2sccc12. The number of thiophene rings is 1. The summed E-state index contributed by atoms with van der Waals surface area (Å²) in [7, 11) is 0. The standard InChI is InChI=1S/C15H16N4S/c1-3-19(11-6-4-5-10(2)9-11)13-12-7-8-20-14(12)18-15(16)17-13/h4-9H,3H2,1-2H3,(H2,16,17,18). The van der Waals surface area contributed by atoms with Gasteiger partial charge in [-0.15, -0.1) is 11.3 Å². The molecule has 0 saturated heterocycles. The molecule has 0 aliphatic heterocycles. The fraction of sp³-hybridized carbons (Fsp3) is 0.200. The summed E-state index contributed by atoms with van der Waals surface area (Å²) < 4.78 is 0. The summed E-state index contributed by atoms with van der Waals surface area (Å²) in [6.07, 6.45) is 0. The van der Waals surface area contributed by atoms with Gasteiger partial charge in [0.05, 0.1) is 5.39 Å². The fourth-order valence-electron chi connectivity index (χ4n) is 2.31. The Morgan fingerprint density at radius 3 is 2.85 bits per heavy atom. The number of nitrogen functional groups attached to an aromatic ring is 1. The molecule has 0 unspecified atom stereocenters. The molecule has 0 radical (unpaired) electrons. The monoisotopic (exact) mass is 284 g/mol. The first-order valence-electron chi connectivity index (χ1n) is 6.54. The molecule has 0 saturated carbocycles. The summed E-state index contributed by atoms with van der Waals surface area (Å²) in [5.41, 5.74) is 8.19. The van der Waals surface area contributed by atoms with Crippen LogP contribution in [0.4, 0.5) is 17.5 Å². The minimum atomic E-state index is 0.320. The molecule has 0 spiro atoms. The molecule has 0 aliphatic carbocycles. The molecule has 1 aromatic carbocycles. The molecule has 2 N–H and O–H groups in total. The molecule has 0 aliphatic rings. The summed E-state index contributed by atoms with van der Waals surface area (Å²) in [4.78, 5) is 11.8. The van der Waals surface area contributed by atoms with E-state index in [-0.39, 0.29) is 0 Å². The molecule has 0 amide bonds. The third-order valence-corrected chi connectivity index (χ3v) is 4.01. The number of nitrogens with zero attached hydrogens (tertiary/aromatic N) is 3. The Morgan fingerprint density at radius 1 is 1.25 bits per heavy atom. The van der Waals surface area contributed by atoms with E-state index in [0.717, 1.165) is 28.3 Å². The van der Waals surface area contributed by atoms with Crippen molar-refractivity contribution >= 4 is 39.0 Å². The maximum Gasteiger partial charge on any atom is 0.223 e. The third kappa shape index (κ3) is 2.20. The van der Waals surface area contributed by atoms with Crippen LogP contribution in [0.15, 0.2) is 35.7 Å². The third-order valence-electron chi connectivity index (χ3n) is 3.21. The van der Waals surface area contributed by atoms with Crippen molar-refractivity contribution in [2.45, 2.75) is 13.8 Å². The number of aryl methyl sites for hydroxylation is 1. The molecular formula is C15H16N4S. The number of hydrogen-bond acceptors (Lipinski definition) is 5. The summed E-state index contributed by atoms with van der Waals surface area (Å²) in [6, 6.07) is 10.4. The lowest BCUT2D eigenvalue weighted by molar-refractivity contribution is 0.993. The van der Waals surface area contributed by atoms with Crippen molar-refractivity contribution in [3.8, 4) is 0 Å². The summed E-state index contributed by atoms with van der Waals surface area (Å²) >= 11 is 1.58. The Kier molecular flexibility index (Phi) is 3.28. The molecule has 2 aromatic heterocycles. The van der Waals surface area contributed by atoms with Crippen LogP contribution < -0.4 is 10.6 Å². The van der Waals surface area contributed by atoms with E-state index in [4.69, 9.17) is 5.73 Å². The predicted octanol–water partition coefficient (Wildman–Crippen LogP) is 3.74. The number of benzene rings is 1. The molecule has 0 fully saturated rings. The summed E-state index contributed by atoms with van der Waals surface area (Å²) in [6.45, 7) is 5.02. The molecule has 0 bridgehead atoms. The number of anilines is 3. The molecular weight excluding hydrogens is 268 g/mol. The molecule has 0 atom stereocenters. The van der Waals surface area contributed by atoms with Crippen LogP contribution >= 0.6 is 11.3 Å². The van der Waals surface area contributed by atoms with Gasteiger partial charge in [-0.2, -0.15) is 4.98 Å². The van der Waals surface area contributed by atoms with Crippen LogP contribution in [-0.4, -0.2) is 16.5 Å². The highest BCUT2D eigenvalue weighted by Gasteiger charge is 2.15. The van der Waals surface area contributed by atoms with Crippen LogP contribution in [0.1, 0.15) is 12.5 Å². The van der Waals surface area contributed by atoms with Gasteiger partial charge < -0.3 is 10.6 Å². The van der Waals surface area contributed by atoms with Gasteiger partial charge in [-0.1, -0.05) is 12.1 Å². The Hall–Kier alpha value is -2.14. The van der Waals surface area contributed by atoms with Crippen molar-refractivity contribution in [1.82, 2.24) is 9.97 Å². The van der Waals surface area contributed by atoms with E-state index >= 15 is 0 Å². The van der Waals surface area contributed by atoms with Gasteiger partial charge >= 0.3 is 0 Å². The minimum absolute atomic E-state index is 0.320. The van der Waals surface area contributed by atoms with Gasteiger partial charge in [0, 0.05) is 12.2 Å². The molecule has 102 valence electrons. The van der Waals surface area contributed by atoms with E-state index in [1.165, 1.54) is 5.56 Å². The topological polar surface area (TPSA) is 55.0 Å². The van der Waals surface area contributed by atoms with Crippen LogP contribution in [0.25, 0.3) is 10.2 Å². The highest BCUT2D eigenvalue weighted by atomic mass is 32.1. The van der Waals surface area contributed by atoms with Crippen LogP contribution in [0.3, 0.4) is 0 Å². The Bertz CT molecular complexity index is 750. The zero-order chi connectivity index (χ0) is 14.1. The van der Waals surface area contributed by atoms with Gasteiger partial charge in [0.15, 0.2) is 0 Å². The second-order valence-corrected chi connectivity index (χ2v) is 5.52. The van der Waals surface area contributed by atoms with Crippen molar-refractivity contribution in [2.75, 3.05) is 17.2 Å². The molecule has 4 nitrogen and oxygen atoms in total. The number of hydrogen-bond donors (Lipinski definition) is 1. The van der Waals surface area contributed by atoms with Crippen LogP contribution in [0.5, 0.6) is 0 Å². The van der Waals surface area contributed by atoms with Crippen LogP contribution in [-0.2, 0) is 0 Å². The smallest absolute Gasteiger partial charge is 0.223 e. The molecule has 3 rings (SSSR count). The second-order valence-electron chi connectivity index (χ2n) is 4.63. The van der Waals surface area contributed by atoms with Crippen LogP contribution in [0, 0.1) is 6.92 Å². The lowest BCUT2D eigenvalue weighted by Gasteiger charge is -2.23. The van der Waals surface area contributed by atoms with E-state index in [2.05, 4.69) is 53.0 Å². The largest absolute Gasteiger partial charge is 0.368 e. The predicted molar refractivity (Wildman–Crippen MR) is 85.7 cm³/mol. The maximum atomic E-state index is 5.84. The number of rotatable bonds is 3. The first-order valence-corrected chi connectivity index (χ1v) is 7.42. The second kappa shape index (κ2) is 5.09. The Balaban J connectivity index is 2.18. The minimum Gasteiger partial charge on any atom is -0.368 e. The zero-order valence-corrected chi connectivity index (χ0v) is 12.3. The lowest BCUT2D eigenvalue weighted by Crippen LogP contribution is -2.18. The average Bonchev–Trinajstić information content (AvgIpc) is 2.87. The van der Waals surface area contributed by atoms with E-state index < -0.39 is 0 Å². The van der Waals surface area contributed by atoms with Gasteiger partial charge in [0.2, 0.25) is 5.95 Å². The van der Waals surface area contributed by atoms with Crippen molar-refractivity contribution in [1.29, 1.82) is 0 Å². The van der Waals surface area contributed by atoms with Gasteiger partial charge in [-0.05, 0) is 43.0 Å². The lowest BCUT2D eigenvalue weighted by atomic mass is 10.2. The van der Waals surface area contributed by atoms with Crippen molar-refractivity contribution < 1.29 is 0 Å².